The average Bonchev–Trinajstić information content (AvgIpc) is 2.91. The van der Waals surface area contributed by atoms with E-state index in [1.165, 1.54) is 8.61 Å². The third kappa shape index (κ3) is 2.71. The van der Waals surface area contributed by atoms with Gasteiger partial charge in [-0.05, 0) is 25.7 Å². The van der Waals surface area contributed by atoms with Crippen molar-refractivity contribution in [3.05, 3.63) is 0 Å². The minimum atomic E-state index is -3.40. The number of piperidine rings is 1. The van der Waals surface area contributed by atoms with Crippen LogP contribution in [-0.4, -0.2) is 54.4 Å². The Balaban J connectivity index is 2.12. The van der Waals surface area contributed by atoms with E-state index < -0.39 is 10.2 Å². The molecule has 0 aromatic rings. The van der Waals surface area contributed by atoms with Gasteiger partial charge in [-0.2, -0.15) is 17.0 Å². The van der Waals surface area contributed by atoms with Crippen molar-refractivity contribution in [3.63, 3.8) is 0 Å². The quantitative estimate of drug-likeness (QED) is 0.831. The second-order valence-corrected chi connectivity index (χ2v) is 7.35. The lowest BCUT2D eigenvalue weighted by Gasteiger charge is -2.37. The van der Waals surface area contributed by atoms with Crippen LogP contribution in [0.25, 0.3) is 0 Å². The molecule has 1 atom stereocenters. The van der Waals surface area contributed by atoms with Gasteiger partial charge in [-0.3, -0.25) is 0 Å². The molecular formula is C12H24N2O3S. The Bertz CT molecular complexity index is 366. The summed E-state index contributed by atoms with van der Waals surface area (Å²) < 4.78 is 28.2. The Morgan fingerprint density at radius 3 is 2.39 bits per heavy atom. The van der Waals surface area contributed by atoms with Gasteiger partial charge in [0.1, 0.15) is 0 Å². The molecule has 0 spiro atoms. The topological polar surface area (TPSA) is 60.9 Å². The van der Waals surface area contributed by atoms with Gasteiger partial charge in [-0.15, -0.1) is 0 Å². The minimum absolute atomic E-state index is 0.0717. The van der Waals surface area contributed by atoms with Gasteiger partial charge in [0, 0.05) is 25.7 Å². The lowest BCUT2D eigenvalue weighted by molar-refractivity contribution is 0.146. The fourth-order valence-corrected chi connectivity index (χ4v) is 4.91. The highest BCUT2D eigenvalue weighted by Crippen LogP contribution is 2.28. The maximum atomic E-state index is 12.6. The average molecular weight is 276 g/mol. The van der Waals surface area contributed by atoms with E-state index in [2.05, 4.69) is 0 Å². The smallest absolute Gasteiger partial charge is 0.282 e. The first kappa shape index (κ1) is 14.2. The van der Waals surface area contributed by atoms with Crippen LogP contribution in [0.15, 0.2) is 0 Å². The summed E-state index contributed by atoms with van der Waals surface area (Å²) >= 11 is 0. The summed E-state index contributed by atoms with van der Waals surface area (Å²) in [5, 5.41) is 9.35. The molecule has 1 aliphatic carbocycles. The van der Waals surface area contributed by atoms with Crippen LogP contribution < -0.4 is 0 Å². The van der Waals surface area contributed by atoms with Gasteiger partial charge in [0.25, 0.3) is 10.2 Å². The first-order valence-electron chi connectivity index (χ1n) is 6.93. The van der Waals surface area contributed by atoms with E-state index in [1.807, 2.05) is 0 Å². The molecule has 1 saturated heterocycles. The van der Waals surface area contributed by atoms with Crippen molar-refractivity contribution in [3.8, 4) is 0 Å². The molecule has 2 aliphatic rings. The number of nitrogens with zero attached hydrogens (tertiary/aromatic N) is 2. The number of aliphatic hydroxyl groups is 1. The molecule has 6 heteroatoms. The number of hydrogen-bond acceptors (Lipinski definition) is 3. The van der Waals surface area contributed by atoms with Crippen molar-refractivity contribution in [2.75, 3.05) is 20.2 Å². The number of rotatable bonds is 4. The summed E-state index contributed by atoms with van der Waals surface area (Å²) in [6.07, 6.45) is 6.84. The van der Waals surface area contributed by atoms with Gasteiger partial charge < -0.3 is 5.11 Å². The Kier molecular flexibility index (Phi) is 4.64. The van der Waals surface area contributed by atoms with E-state index >= 15 is 0 Å². The molecule has 0 radical (unpaired) electrons. The minimum Gasteiger partial charge on any atom is -0.395 e. The van der Waals surface area contributed by atoms with Crippen LogP contribution in [0.5, 0.6) is 0 Å². The second-order valence-electron chi connectivity index (χ2n) is 5.41. The summed E-state index contributed by atoms with van der Waals surface area (Å²) in [5.41, 5.74) is 0. The van der Waals surface area contributed by atoms with E-state index in [-0.39, 0.29) is 18.7 Å². The molecule has 2 fully saturated rings. The molecule has 2 rings (SSSR count). The first-order chi connectivity index (χ1) is 8.57. The standard InChI is InChI=1S/C12H24N2O3S/c1-13(11-6-2-3-7-11)18(16,17)14-9-5-4-8-12(14)10-15/h11-12,15H,2-10H2,1H3. The zero-order chi connectivity index (χ0) is 13.2. The molecule has 1 unspecified atom stereocenters. The van der Waals surface area contributed by atoms with Crippen LogP contribution in [0, 0.1) is 0 Å². The van der Waals surface area contributed by atoms with Crippen molar-refractivity contribution in [2.45, 2.75) is 57.0 Å². The molecule has 0 amide bonds. The molecule has 1 saturated carbocycles. The Morgan fingerprint density at radius 1 is 1.17 bits per heavy atom. The van der Waals surface area contributed by atoms with E-state index in [1.54, 1.807) is 7.05 Å². The maximum Gasteiger partial charge on any atom is 0.282 e. The largest absolute Gasteiger partial charge is 0.395 e. The molecule has 18 heavy (non-hydrogen) atoms. The lowest BCUT2D eigenvalue weighted by Crippen LogP contribution is -2.52. The summed E-state index contributed by atoms with van der Waals surface area (Å²) in [6, 6.07) is -0.0797. The molecule has 0 aromatic carbocycles. The summed E-state index contributed by atoms with van der Waals surface area (Å²) in [5.74, 6) is 0. The molecule has 5 nitrogen and oxygen atoms in total. The predicted octanol–water partition coefficient (Wildman–Crippen LogP) is 0.952. The van der Waals surface area contributed by atoms with Crippen LogP contribution in [0.3, 0.4) is 0 Å². The zero-order valence-electron chi connectivity index (χ0n) is 11.1. The highest BCUT2D eigenvalue weighted by atomic mass is 32.2. The van der Waals surface area contributed by atoms with Crippen molar-refractivity contribution in [1.29, 1.82) is 0 Å². The fourth-order valence-electron chi connectivity index (χ4n) is 3.08. The Morgan fingerprint density at radius 2 is 1.78 bits per heavy atom. The molecule has 1 N–H and O–H groups in total. The van der Waals surface area contributed by atoms with Crippen molar-refractivity contribution in [1.82, 2.24) is 8.61 Å². The van der Waals surface area contributed by atoms with Crippen LogP contribution >= 0.6 is 0 Å². The predicted molar refractivity (Wildman–Crippen MR) is 70.4 cm³/mol. The molecule has 106 valence electrons. The van der Waals surface area contributed by atoms with Gasteiger partial charge in [0.2, 0.25) is 0 Å². The maximum absolute atomic E-state index is 12.6. The summed E-state index contributed by atoms with van der Waals surface area (Å²) in [4.78, 5) is 0. The van der Waals surface area contributed by atoms with Gasteiger partial charge in [-0.25, -0.2) is 0 Å². The molecule has 0 aromatic heterocycles. The highest BCUT2D eigenvalue weighted by Gasteiger charge is 2.37. The monoisotopic (exact) mass is 276 g/mol. The fraction of sp³-hybridized carbons (Fsp3) is 1.00. The van der Waals surface area contributed by atoms with E-state index in [4.69, 9.17) is 0 Å². The molecule has 0 bridgehead atoms. The Hall–Kier alpha value is -0.170. The molecular weight excluding hydrogens is 252 g/mol. The Labute approximate surface area is 110 Å². The number of aliphatic hydroxyl groups excluding tert-OH is 1. The van der Waals surface area contributed by atoms with Crippen molar-refractivity contribution < 1.29 is 13.5 Å². The third-order valence-corrected chi connectivity index (χ3v) is 6.38. The van der Waals surface area contributed by atoms with E-state index in [0.717, 1.165) is 44.9 Å². The lowest BCUT2D eigenvalue weighted by atomic mass is 10.1. The first-order valence-corrected chi connectivity index (χ1v) is 8.32. The van der Waals surface area contributed by atoms with Gasteiger partial charge in [-0.1, -0.05) is 19.3 Å². The number of hydrogen-bond donors (Lipinski definition) is 1. The van der Waals surface area contributed by atoms with Gasteiger partial charge >= 0.3 is 0 Å². The molecule has 1 aliphatic heterocycles. The zero-order valence-corrected chi connectivity index (χ0v) is 11.9. The van der Waals surface area contributed by atoms with Crippen LogP contribution in [0.2, 0.25) is 0 Å². The third-order valence-electron chi connectivity index (χ3n) is 4.28. The van der Waals surface area contributed by atoms with Crippen LogP contribution in [-0.2, 0) is 10.2 Å². The van der Waals surface area contributed by atoms with Crippen molar-refractivity contribution in [2.24, 2.45) is 0 Å². The van der Waals surface area contributed by atoms with Crippen LogP contribution in [0.4, 0.5) is 0 Å². The van der Waals surface area contributed by atoms with E-state index in [0.29, 0.717) is 6.54 Å². The SMILES string of the molecule is CN(C1CCCC1)S(=O)(=O)N1CCCCC1CO. The summed E-state index contributed by atoms with van der Waals surface area (Å²) in [7, 11) is -1.71. The summed E-state index contributed by atoms with van der Waals surface area (Å²) in [6.45, 7) is 0.475. The van der Waals surface area contributed by atoms with Crippen LogP contribution in [0.1, 0.15) is 44.9 Å². The van der Waals surface area contributed by atoms with E-state index in [9.17, 15) is 13.5 Å². The highest BCUT2D eigenvalue weighted by molar-refractivity contribution is 7.86. The second kappa shape index (κ2) is 5.86. The van der Waals surface area contributed by atoms with Gasteiger partial charge in [0.05, 0.1) is 6.61 Å². The molecule has 1 heterocycles. The normalized spacial score (nSPS) is 28.1. The van der Waals surface area contributed by atoms with Gasteiger partial charge in [0.15, 0.2) is 0 Å². The van der Waals surface area contributed by atoms with Crippen molar-refractivity contribution >= 4 is 10.2 Å².